The topological polar surface area (TPSA) is 68.1 Å². The fraction of sp³-hybridized carbons (Fsp3) is 0.233. The molecule has 0 aliphatic rings. The molecule has 0 spiro atoms. The standard InChI is InChI=1S/C30H31ClN6O/c1-3-36(4-2)15-16-37-14-12-23(19-37)22-8-10-28-26(17-22)30(34-21-33-28)35-24-9-11-29(27(31)18-24)38-20-25-7-5-6-13-32-25/h5-14,17-19,21H,3-4,15-16,20H2,1-2H3,(H,33,34,35). The molecule has 0 unspecified atom stereocenters. The van der Waals surface area contributed by atoms with E-state index in [1.54, 1.807) is 12.5 Å². The number of aromatic nitrogens is 4. The molecule has 5 aromatic rings. The number of hydrogen-bond acceptors (Lipinski definition) is 6. The molecule has 0 radical (unpaired) electrons. The number of likely N-dealkylation sites (N-methyl/N-ethyl adjacent to an activating group) is 1. The summed E-state index contributed by atoms with van der Waals surface area (Å²) < 4.78 is 8.10. The monoisotopic (exact) mass is 526 g/mol. The lowest BCUT2D eigenvalue weighted by molar-refractivity contribution is 0.291. The third-order valence-corrected chi connectivity index (χ3v) is 6.88. The predicted octanol–water partition coefficient (Wildman–Crippen LogP) is 6.81. The third-order valence-electron chi connectivity index (χ3n) is 6.58. The van der Waals surface area contributed by atoms with Crippen LogP contribution in [0.25, 0.3) is 22.0 Å². The van der Waals surface area contributed by atoms with Crippen molar-refractivity contribution in [3.8, 4) is 16.9 Å². The summed E-state index contributed by atoms with van der Waals surface area (Å²) in [4.78, 5) is 15.7. The molecule has 0 saturated carbocycles. The Morgan fingerprint density at radius 1 is 0.947 bits per heavy atom. The van der Waals surface area contributed by atoms with Crippen LogP contribution in [0.2, 0.25) is 5.02 Å². The van der Waals surface area contributed by atoms with Crippen molar-refractivity contribution in [2.75, 3.05) is 25.0 Å². The predicted molar refractivity (Wildman–Crippen MR) is 154 cm³/mol. The molecule has 0 aliphatic heterocycles. The van der Waals surface area contributed by atoms with Crippen molar-refractivity contribution in [2.45, 2.75) is 27.0 Å². The highest BCUT2D eigenvalue weighted by Crippen LogP contribution is 2.32. The molecule has 7 nitrogen and oxygen atoms in total. The van der Waals surface area contributed by atoms with Gasteiger partial charge >= 0.3 is 0 Å². The van der Waals surface area contributed by atoms with E-state index in [-0.39, 0.29) is 0 Å². The largest absolute Gasteiger partial charge is 0.486 e. The van der Waals surface area contributed by atoms with Crippen LogP contribution in [0.1, 0.15) is 19.5 Å². The molecule has 0 bridgehead atoms. The molecule has 194 valence electrons. The number of ether oxygens (including phenoxy) is 1. The Kier molecular flexibility index (Phi) is 8.16. The molecule has 38 heavy (non-hydrogen) atoms. The number of halogens is 1. The molecule has 1 N–H and O–H groups in total. The van der Waals surface area contributed by atoms with E-state index in [1.165, 1.54) is 5.56 Å². The number of nitrogens with one attached hydrogen (secondary N) is 1. The zero-order valence-electron chi connectivity index (χ0n) is 21.6. The second-order valence-electron chi connectivity index (χ2n) is 9.00. The van der Waals surface area contributed by atoms with Crippen molar-refractivity contribution in [1.82, 2.24) is 24.4 Å². The number of pyridine rings is 1. The first kappa shape index (κ1) is 25.7. The number of fused-ring (bicyclic) bond motifs is 1. The number of benzene rings is 2. The van der Waals surface area contributed by atoms with E-state index in [0.717, 1.165) is 59.8 Å². The minimum atomic E-state index is 0.351. The molecule has 3 aromatic heterocycles. The van der Waals surface area contributed by atoms with Crippen LogP contribution in [0.3, 0.4) is 0 Å². The summed E-state index contributed by atoms with van der Waals surface area (Å²) in [5.41, 5.74) is 4.81. The van der Waals surface area contributed by atoms with Gasteiger partial charge < -0.3 is 19.5 Å². The van der Waals surface area contributed by atoms with Crippen molar-refractivity contribution in [1.29, 1.82) is 0 Å². The zero-order chi connectivity index (χ0) is 26.3. The summed E-state index contributed by atoms with van der Waals surface area (Å²) in [5, 5.41) is 4.85. The second-order valence-corrected chi connectivity index (χ2v) is 9.41. The van der Waals surface area contributed by atoms with E-state index in [0.29, 0.717) is 17.4 Å². The lowest BCUT2D eigenvalue weighted by Gasteiger charge is -2.17. The van der Waals surface area contributed by atoms with Gasteiger partial charge in [-0.2, -0.15) is 0 Å². The van der Waals surface area contributed by atoms with Gasteiger partial charge in [0.25, 0.3) is 0 Å². The first-order valence-electron chi connectivity index (χ1n) is 12.9. The molecule has 0 aliphatic carbocycles. The summed E-state index contributed by atoms with van der Waals surface area (Å²) in [6.07, 6.45) is 7.65. The molecular formula is C30H31ClN6O. The molecule has 0 atom stereocenters. The van der Waals surface area contributed by atoms with Crippen LogP contribution in [-0.2, 0) is 13.2 Å². The van der Waals surface area contributed by atoms with Gasteiger partial charge in [0.2, 0.25) is 0 Å². The quantitative estimate of drug-likeness (QED) is 0.204. The average molecular weight is 527 g/mol. The molecule has 0 fully saturated rings. The molecule has 5 rings (SSSR count). The number of hydrogen-bond donors (Lipinski definition) is 1. The first-order chi connectivity index (χ1) is 18.6. The first-order valence-corrected chi connectivity index (χ1v) is 13.2. The van der Waals surface area contributed by atoms with Gasteiger partial charge in [-0.25, -0.2) is 9.97 Å². The average Bonchev–Trinajstić information content (AvgIpc) is 3.43. The van der Waals surface area contributed by atoms with Crippen LogP contribution >= 0.6 is 11.6 Å². The minimum Gasteiger partial charge on any atom is -0.486 e. The summed E-state index contributed by atoms with van der Waals surface area (Å²) >= 11 is 6.53. The van der Waals surface area contributed by atoms with Crippen LogP contribution in [0.5, 0.6) is 5.75 Å². The van der Waals surface area contributed by atoms with E-state index < -0.39 is 0 Å². The van der Waals surface area contributed by atoms with E-state index in [1.807, 2.05) is 42.5 Å². The van der Waals surface area contributed by atoms with E-state index in [9.17, 15) is 0 Å². The molecule has 3 heterocycles. The van der Waals surface area contributed by atoms with Gasteiger partial charge in [0.05, 0.1) is 16.2 Å². The van der Waals surface area contributed by atoms with E-state index >= 15 is 0 Å². The van der Waals surface area contributed by atoms with Crippen molar-refractivity contribution in [3.05, 3.63) is 96.3 Å². The molecule has 8 heteroatoms. The maximum absolute atomic E-state index is 6.53. The van der Waals surface area contributed by atoms with Gasteiger partial charge in [-0.15, -0.1) is 0 Å². The smallest absolute Gasteiger partial charge is 0.141 e. The Morgan fingerprint density at radius 2 is 1.84 bits per heavy atom. The van der Waals surface area contributed by atoms with Crippen molar-refractivity contribution in [2.24, 2.45) is 0 Å². The Hall–Kier alpha value is -3.94. The van der Waals surface area contributed by atoms with Crippen LogP contribution in [0.4, 0.5) is 11.5 Å². The maximum Gasteiger partial charge on any atom is 0.141 e. The van der Waals surface area contributed by atoms with Crippen LogP contribution in [-0.4, -0.2) is 44.1 Å². The highest BCUT2D eigenvalue weighted by atomic mass is 35.5. The van der Waals surface area contributed by atoms with E-state index in [2.05, 4.69) is 74.2 Å². The van der Waals surface area contributed by atoms with Gasteiger partial charge in [-0.05, 0) is 72.7 Å². The van der Waals surface area contributed by atoms with Crippen LogP contribution in [0.15, 0.2) is 85.6 Å². The van der Waals surface area contributed by atoms with Crippen molar-refractivity contribution < 1.29 is 4.74 Å². The minimum absolute atomic E-state index is 0.351. The Morgan fingerprint density at radius 3 is 2.63 bits per heavy atom. The number of nitrogens with zero attached hydrogens (tertiary/aromatic N) is 5. The zero-order valence-corrected chi connectivity index (χ0v) is 22.4. The maximum atomic E-state index is 6.53. The Balaban J connectivity index is 1.32. The van der Waals surface area contributed by atoms with Crippen LogP contribution < -0.4 is 10.1 Å². The molecule has 2 aromatic carbocycles. The van der Waals surface area contributed by atoms with Crippen molar-refractivity contribution in [3.63, 3.8) is 0 Å². The molecule has 0 saturated heterocycles. The highest BCUT2D eigenvalue weighted by Gasteiger charge is 2.10. The normalized spacial score (nSPS) is 11.3. The van der Waals surface area contributed by atoms with Gasteiger partial charge in [0.1, 0.15) is 24.5 Å². The summed E-state index contributed by atoms with van der Waals surface area (Å²) in [6, 6.07) is 19.8. The van der Waals surface area contributed by atoms with Gasteiger partial charge in [0.15, 0.2) is 0 Å². The fourth-order valence-corrected chi connectivity index (χ4v) is 4.59. The SMILES string of the molecule is CCN(CC)CCn1ccc(-c2ccc3ncnc(Nc4ccc(OCc5ccccn5)c(Cl)c4)c3c2)c1. The van der Waals surface area contributed by atoms with Gasteiger partial charge in [0, 0.05) is 42.8 Å². The number of anilines is 2. The second kappa shape index (κ2) is 12.1. The number of rotatable bonds is 11. The lowest BCUT2D eigenvalue weighted by atomic mass is 10.1. The summed E-state index contributed by atoms with van der Waals surface area (Å²) in [6.45, 7) is 8.89. The fourth-order valence-electron chi connectivity index (χ4n) is 4.35. The van der Waals surface area contributed by atoms with E-state index in [4.69, 9.17) is 16.3 Å². The Labute approximate surface area is 228 Å². The van der Waals surface area contributed by atoms with Crippen molar-refractivity contribution >= 4 is 34.0 Å². The summed E-state index contributed by atoms with van der Waals surface area (Å²) in [5.74, 6) is 1.32. The van der Waals surface area contributed by atoms with Gasteiger partial charge in [-0.1, -0.05) is 37.6 Å². The molecular weight excluding hydrogens is 496 g/mol. The summed E-state index contributed by atoms with van der Waals surface area (Å²) in [7, 11) is 0. The Bertz CT molecular complexity index is 1500. The van der Waals surface area contributed by atoms with Crippen LogP contribution in [0, 0.1) is 0 Å². The van der Waals surface area contributed by atoms with Gasteiger partial charge in [-0.3, -0.25) is 4.98 Å². The highest BCUT2D eigenvalue weighted by molar-refractivity contribution is 6.32. The lowest BCUT2D eigenvalue weighted by Crippen LogP contribution is -2.26. The third kappa shape index (κ3) is 6.13. The molecule has 0 amide bonds.